The van der Waals surface area contributed by atoms with Crippen molar-refractivity contribution in [3.8, 4) is 0 Å². The van der Waals surface area contributed by atoms with E-state index in [9.17, 15) is 13.2 Å². The highest BCUT2D eigenvalue weighted by atomic mass is 35.5. The van der Waals surface area contributed by atoms with Crippen molar-refractivity contribution < 1.29 is 17.6 Å². The Labute approximate surface area is 163 Å². The molecule has 0 amide bonds. The molecule has 5 nitrogen and oxygen atoms in total. The topological polar surface area (TPSA) is 45.4 Å². The van der Waals surface area contributed by atoms with Gasteiger partial charge in [-0.15, -0.1) is 0 Å². The molecule has 2 saturated heterocycles. The smallest absolute Gasteiger partial charge is 0.423 e. The Morgan fingerprint density at radius 2 is 2.00 bits per heavy atom. The minimum absolute atomic E-state index is 0.274. The normalized spacial score (nSPS) is 22.5. The molecule has 9 heteroatoms. The summed E-state index contributed by atoms with van der Waals surface area (Å²) in [6.07, 6.45) is -2.11. The molecular weight excluding hydrogens is 393 g/mol. The molecule has 146 valence electrons. The van der Waals surface area contributed by atoms with E-state index in [2.05, 4.69) is 19.8 Å². The zero-order valence-corrected chi connectivity index (χ0v) is 15.4. The molecule has 0 aliphatic carbocycles. The van der Waals surface area contributed by atoms with E-state index in [0.29, 0.717) is 29.2 Å². The molecule has 2 atom stereocenters. The van der Waals surface area contributed by atoms with E-state index >= 15 is 0 Å². The zero-order chi connectivity index (χ0) is 19.5. The number of benzene rings is 1. The summed E-state index contributed by atoms with van der Waals surface area (Å²) >= 11 is 6.01. The highest BCUT2D eigenvalue weighted by molar-refractivity contribution is 6.31. The highest BCUT2D eigenvalue weighted by Crippen LogP contribution is 2.36. The second-order valence-electron chi connectivity index (χ2n) is 7.28. The lowest BCUT2D eigenvalue weighted by atomic mass is 10.2. The fourth-order valence-electron chi connectivity index (χ4n) is 4.11. The number of piperazine rings is 1. The molecule has 0 spiro atoms. The van der Waals surface area contributed by atoms with Crippen LogP contribution in [0.4, 0.5) is 19.2 Å². The fourth-order valence-corrected chi connectivity index (χ4v) is 4.28. The molecule has 1 aromatic carbocycles. The van der Waals surface area contributed by atoms with E-state index in [-0.39, 0.29) is 6.04 Å². The third-order valence-corrected chi connectivity index (χ3v) is 5.67. The number of alkyl halides is 3. The van der Waals surface area contributed by atoms with Gasteiger partial charge in [-0.1, -0.05) is 17.7 Å². The van der Waals surface area contributed by atoms with E-state index in [4.69, 9.17) is 16.0 Å². The third-order valence-electron chi connectivity index (χ3n) is 5.44. The zero-order valence-electron chi connectivity index (χ0n) is 14.7. The maximum Gasteiger partial charge on any atom is 0.433 e. The van der Waals surface area contributed by atoms with Gasteiger partial charge in [-0.3, -0.25) is 9.88 Å². The summed E-state index contributed by atoms with van der Waals surface area (Å²) in [5, 5.41) is 0.617. The summed E-state index contributed by atoms with van der Waals surface area (Å²) in [5.41, 5.74) is 1.36. The summed E-state index contributed by atoms with van der Waals surface area (Å²) in [7, 11) is 0. The monoisotopic (exact) mass is 408 g/mol. The van der Waals surface area contributed by atoms with Gasteiger partial charge >= 0.3 is 6.18 Å². The van der Waals surface area contributed by atoms with Crippen LogP contribution in [0.25, 0.3) is 11.1 Å². The van der Waals surface area contributed by atoms with Crippen LogP contribution in [0.15, 0.2) is 40.9 Å². The number of nitrogens with zero attached hydrogens (tertiary/aromatic N) is 4. The van der Waals surface area contributed by atoms with Gasteiger partial charge in [-0.05, 0) is 36.2 Å². The average Bonchev–Trinajstić information content (AvgIpc) is 3.34. The van der Waals surface area contributed by atoms with Gasteiger partial charge in [0.05, 0.1) is 0 Å². The Morgan fingerprint density at radius 3 is 2.68 bits per heavy atom. The molecule has 28 heavy (non-hydrogen) atoms. The van der Waals surface area contributed by atoms with Crippen molar-refractivity contribution in [2.45, 2.75) is 31.2 Å². The minimum Gasteiger partial charge on any atom is -0.423 e. The number of fused-ring (bicyclic) bond motifs is 3. The number of pyridine rings is 1. The molecule has 2 aromatic heterocycles. The van der Waals surface area contributed by atoms with Crippen LogP contribution in [0.2, 0.25) is 5.02 Å². The Morgan fingerprint density at radius 1 is 1.14 bits per heavy atom. The predicted octanol–water partition coefficient (Wildman–Crippen LogP) is 4.36. The van der Waals surface area contributed by atoms with Gasteiger partial charge in [0.2, 0.25) is 0 Å². The first-order chi connectivity index (χ1) is 13.4. The summed E-state index contributed by atoms with van der Waals surface area (Å²) in [4.78, 5) is 12.6. The first-order valence-corrected chi connectivity index (χ1v) is 9.33. The second-order valence-corrected chi connectivity index (χ2v) is 7.72. The van der Waals surface area contributed by atoms with Crippen molar-refractivity contribution in [1.82, 2.24) is 14.9 Å². The molecule has 0 saturated carbocycles. The molecule has 3 aromatic rings. The molecule has 2 aliphatic heterocycles. The summed E-state index contributed by atoms with van der Waals surface area (Å²) < 4.78 is 43.8. The lowest BCUT2D eigenvalue weighted by Gasteiger charge is -2.33. The maximum absolute atomic E-state index is 12.6. The number of anilines is 1. The molecule has 2 aliphatic rings. The number of likely N-dealkylation sites (tertiary alicyclic amines) is 1. The van der Waals surface area contributed by atoms with Gasteiger partial charge in [0.25, 0.3) is 6.01 Å². The van der Waals surface area contributed by atoms with Gasteiger partial charge in [-0.2, -0.15) is 18.2 Å². The van der Waals surface area contributed by atoms with Crippen molar-refractivity contribution in [2.24, 2.45) is 0 Å². The lowest BCUT2D eigenvalue weighted by molar-refractivity contribution is -0.141. The number of oxazole rings is 1. The van der Waals surface area contributed by atoms with Gasteiger partial charge in [-0.25, -0.2) is 0 Å². The first-order valence-electron chi connectivity index (χ1n) is 8.96. The second kappa shape index (κ2) is 6.35. The molecule has 5 rings (SSSR count). The summed E-state index contributed by atoms with van der Waals surface area (Å²) in [6, 6.07) is 9.09. The molecule has 2 bridgehead atoms. The Kier molecular flexibility index (Phi) is 4.03. The number of aromatic nitrogens is 2. The number of halogens is 4. The maximum atomic E-state index is 12.6. The molecular formula is C19H16ClF3N4O. The number of rotatable bonds is 3. The SMILES string of the molecule is FC(F)(F)c1ccc(CN2CC3CC2CN3c2nc3cc(Cl)ccc3o2)cn1. The van der Waals surface area contributed by atoms with Crippen LogP contribution in [-0.2, 0) is 12.7 Å². The van der Waals surface area contributed by atoms with Crippen LogP contribution in [0.3, 0.4) is 0 Å². The third kappa shape index (κ3) is 3.10. The fraction of sp³-hybridized carbons (Fsp3) is 0.368. The lowest BCUT2D eigenvalue weighted by Crippen LogP contribution is -2.46. The highest BCUT2D eigenvalue weighted by Gasteiger charge is 2.44. The van der Waals surface area contributed by atoms with Gasteiger partial charge in [0.1, 0.15) is 11.2 Å². The Bertz CT molecular complexity index is 1020. The van der Waals surface area contributed by atoms with Gasteiger partial charge in [0, 0.05) is 42.9 Å². The molecule has 0 radical (unpaired) electrons. The summed E-state index contributed by atoms with van der Waals surface area (Å²) in [6.45, 7) is 2.17. The van der Waals surface area contributed by atoms with E-state index in [1.54, 1.807) is 12.1 Å². The van der Waals surface area contributed by atoms with Crippen molar-refractivity contribution in [2.75, 3.05) is 18.0 Å². The van der Waals surface area contributed by atoms with Crippen LogP contribution in [0, 0.1) is 0 Å². The van der Waals surface area contributed by atoms with Crippen LogP contribution >= 0.6 is 11.6 Å². The van der Waals surface area contributed by atoms with E-state index in [0.717, 1.165) is 36.7 Å². The van der Waals surface area contributed by atoms with Crippen LogP contribution in [-0.4, -0.2) is 40.0 Å². The van der Waals surface area contributed by atoms with Gasteiger partial charge < -0.3 is 9.32 Å². The van der Waals surface area contributed by atoms with Crippen LogP contribution in [0.5, 0.6) is 0 Å². The first kappa shape index (κ1) is 17.8. The van der Waals surface area contributed by atoms with Crippen molar-refractivity contribution in [1.29, 1.82) is 0 Å². The molecule has 4 heterocycles. The molecule has 0 N–H and O–H groups in total. The molecule has 2 fully saturated rings. The summed E-state index contributed by atoms with van der Waals surface area (Å²) in [5.74, 6) is 0. The van der Waals surface area contributed by atoms with Crippen LogP contribution in [0.1, 0.15) is 17.7 Å². The van der Waals surface area contributed by atoms with Crippen molar-refractivity contribution in [3.63, 3.8) is 0 Å². The average molecular weight is 409 g/mol. The predicted molar refractivity (Wildman–Crippen MR) is 98.2 cm³/mol. The molecule has 2 unspecified atom stereocenters. The van der Waals surface area contributed by atoms with Crippen LogP contribution < -0.4 is 4.90 Å². The van der Waals surface area contributed by atoms with E-state index < -0.39 is 11.9 Å². The quantitative estimate of drug-likeness (QED) is 0.644. The Hall–Kier alpha value is -2.32. The Balaban J connectivity index is 1.27. The van der Waals surface area contributed by atoms with E-state index in [1.165, 1.54) is 12.3 Å². The minimum atomic E-state index is -4.41. The number of hydrogen-bond donors (Lipinski definition) is 0. The van der Waals surface area contributed by atoms with Crippen molar-refractivity contribution in [3.05, 3.63) is 52.8 Å². The largest absolute Gasteiger partial charge is 0.433 e. The van der Waals surface area contributed by atoms with Gasteiger partial charge in [0.15, 0.2) is 5.58 Å². The number of hydrogen-bond acceptors (Lipinski definition) is 5. The van der Waals surface area contributed by atoms with Crippen molar-refractivity contribution >= 4 is 28.7 Å². The standard InChI is InChI=1S/C19H16ClF3N4O/c20-12-2-3-16-15(5-12)25-18(28-16)27-10-13-6-14(27)9-26(13)8-11-1-4-17(24-7-11)19(21,22)23/h1-5,7,13-14H,6,8-10H2. The van der Waals surface area contributed by atoms with E-state index in [1.807, 2.05) is 6.07 Å².